The molecule has 1 N–H and O–H groups in total. The third-order valence-electron chi connectivity index (χ3n) is 7.70. The predicted octanol–water partition coefficient (Wildman–Crippen LogP) is 5.52. The molecule has 1 saturated heterocycles. The van der Waals surface area contributed by atoms with Gasteiger partial charge in [-0.05, 0) is 54.1 Å². The number of carbonyl (C=O) groups excluding carboxylic acids is 3. The Kier molecular flexibility index (Phi) is 8.14. The van der Waals surface area contributed by atoms with E-state index in [-0.39, 0.29) is 16.5 Å². The van der Waals surface area contributed by atoms with Gasteiger partial charge in [-0.3, -0.25) is 23.7 Å². The number of benzene rings is 3. The molecule has 3 amide bonds. The topological polar surface area (TPSA) is 107 Å². The molecule has 3 aromatic carbocycles. The highest BCUT2D eigenvalue weighted by Gasteiger charge is 2.58. The number of thiazole rings is 1. The molecule has 2 unspecified atom stereocenters. The van der Waals surface area contributed by atoms with E-state index >= 15 is 0 Å². The van der Waals surface area contributed by atoms with Crippen molar-refractivity contribution in [2.75, 3.05) is 24.4 Å². The van der Waals surface area contributed by atoms with Crippen LogP contribution in [0.15, 0.2) is 76.6 Å². The lowest BCUT2D eigenvalue weighted by molar-refractivity contribution is -0.137. The van der Waals surface area contributed by atoms with Crippen LogP contribution in [-0.4, -0.2) is 41.8 Å². The summed E-state index contributed by atoms with van der Waals surface area (Å²) in [6, 6.07) is 14.1. The van der Waals surface area contributed by atoms with Gasteiger partial charge in [0, 0.05) is 16.5 Å². The normalized spacial score (nSPS) is 19.1. The Morgan fingerprint density at radius 1 is 0.935 bits per heavy atom. The molecule has 3 heterocycles. The molecule has 0 aliphatic carbocycles. The number of imide groups is 1. The zero-order valence-electron chi connectivity index (χ0n) is 24.0. The number of anilines is 2. The number of halogens is 4. The quantitative estimate of drug-likeness (QED) is 0.204. The molecule has 6 rings (SSSR count). The second kappa shape index (κ2) is 11.9. The number of ether oxygens (including phenoxy) is 2. The summed E-state index contributed by atoms with van der Waals surface area (Å²) in [6.07, 6.45) is -4.85. The summed E-state index contributed by atoms with van der Waals surface area (Å²) in [4.78, 5) is 54.7. The molecule has 2 aliphatic heterocycles. The lowest BCUT2D eigenvalue weighted by Crippen LogP contribution is -2.33. The van der Waals surface area contributed by atoms with Crippen molar-refractivity contribution in [2.24, 2.45) is 5.92 Å². The number of hydrogen-bond acceptors (Lipinski definition) is 8. The molecule has 2 aliphatic rings. The number of rotatable bonds is 7. The van der Waals surface area contributed by atoms with Crippen molar-refractivity contribution in [2.45, 2.75) is 28.9 Å². The molecule has 0 spiro atoms. The lowest BCUT2D eigenvalue weighted by Gasteiger charge is -2.31. The summed E-state index contributed by atoms with van der Waals surface area (Å²) in [5.41, 5.74) is -1.00. The fourth-order valence-corrected chi connectivity index (χ4v) is 8.46. The van der Waals surface area contributed by atoms with Crippen molar-refractivity contribution in [3.8, 4) is 11.5 Å². The zero-order chi connectivity index (χ0) is 32.9. The monoisotopic (exact) mass is 673 g/mol. The molecule has 1 fully saturated rings. The van der Waals surface area contributed by atoms with E-state index < -0.39 is 69.5 Å². The van der Waals surface area contributed by atoms with Crippen LogP contribution < -0.4 is 24.6 Å². The third kappa shape index (κ3) is 5.42. The number of nitrogens with one attached hydrogen (secondary N) is 1. The van der Waals surface area contributed by atoms with Gasteiger partial charge in [-0.15, -0.1) is 0 Å². The van der Waals surface area contributed by atoms with Crippen LogP contribution >= 0.6 is 23.1 Å². The van der Waals surface area contributed by atoms with Gasteiger partial charge < -0.3 is 14.8 Å². The van der Waals surface area contributed by atoms with Crippen LogP contribution in [-0.2, 0) is 27.1 Å². The van der Waals surface area contributed by atoms with E-state index in [1.54, 1.807) is 18.2 Å². The van der Waals surface area contributed by atoms with Crippen LogP contribution in [0.2, 0.25) is 0 Å². The summed E-state index contributed by atoms with van der Waals surface area (Å²) < 4.78 is 67.3. The standard InChI is InChI=1S/C31H23F4N3O6S2/c1-43-20-12-7-15(13-21(20)44-2)23-24-25(28(41)38(27(24)40)19-6-4-3-5-18(19)31(33,34)35)45-29-26(23)46-30(42)37(29)14-22(39)36-17-10-8-16(32)9-11-17/h3-13,23-25H,14H2,1-2H3,(H,36,39)/t23-,24?,25?/m1/s1. The number of aromatic nitrogens is 1. The Morgan fingerprint density at radius 3 is 2.30 bits per heavy atom. The maximum atomic E-state index is 14.1. The Labute approximate surface area is 266 Å². The van der Waals surface area contributed by atoms with E-state index in [4.69, 9.17) is 9.47 Å². The highest BCUT2D eigenvalue weighted by molar-refractivity contribution is 8.00. The van der Waals surface area contributed by atoms with E-state index in [0.717, 1.165) is 51.9 Å². The number of nitrogens with zero attached hydrogens (tertiary/aromatic N) is 2. The van der Waals surface area contributed by atoms with Crippen LogP contribution in [0.5, 0.6) is 11.5 Å². The maximum Gasteiger partial charge on any atom is 0.418 e. The Balaban J connectivity index is 1.46. The van der Waals surface area contributed by atoms with Gasteiger partial charge in [0.25, 0.3) is 0 Å². The molecule has 0 bridgehead atoms. The Bertz CT molecular complexity index is 1920. The predicted molar refractivity (Wildman–Crippen MR) is 162 cm³/mol. The van der Waals surface area contributed by atoms with Gasteiger partial charge in [-0.25, -0.2) is 9.29 Å². The van der Waals surface area contributed by atoms with Crippen molar-refractivity contribution >= 4 is 52.2 Å². The highest BCUT2D eigenvalue weighted by Crippen LogP contribution is 2.55. The molecule has 46 heavy (non-hydrogen) atoms. The third-order valence-corrected chi connectivity index (χ3v) is 10.3. The van der Waals surface area contributed by atoms with Crippen LogP contribution in [0, 0.1) is 11.7 Å². The van der Waals surface area contributed by atoms with Gasteiger partial charge >= 0.3 is 11.0 Å². The van der Waals surface area contributed by atoms with Crippen molar-refractivity contribution in [3.63, 3.8) is 0 Å². The van der Waals surface area contributed by atoms with Crippen molar-refractivity contribution in [3.05, 3.63) is 98.2 Å². The fraction of sp³-hybridized carbons (Fsp3) is 0.226. The number of amides is 3. The summed E-state index contributed by atoms with van der Waals surface area (Å²) >= 11 is 1.63. The number of fused-ring (bicyclic) bond motifs is 2. The van der Waals surface area contributed by atoms with Crippen LogP contribution in [0.3, 0.4) is 0 Å². The molecule has 0 radical (unpaired) electrons. The average Bonchev–Trinajstić information content (AvgIpc) is 3.47. The molecular weight excluding hydrogens is 650 g/mol. The summed E-state index contributed by atoms with van der Waals surface area (Å²) in [5.74, 6) is -4.35. The van der Waals surface area contributed by atoms with Crippen molar-refractivity contribution in [1.82, 2.24) is 4.57 Å². The molecule has 238 valence electrons. The first-order valence-electron chi connectivity index (χ1n) is 13.6. The average molecular weight is 674 g/mol. The molecule has 9 nitrogen and oxygen atoms in total. The van der Waals surface area contributed by atoms with E-state index in [2.05, 4.69) is 5.32 Å². The minimum absolute atomic E-state index is 0.234. The van der Waals surface area contributed by atoms with E-state index in [0.29, 0.717) is 21.1 Å². The van der Waals surface area contributed by atoms with Gasteiger partial charge in [-0.2, -0.15) is 13.2 Å². The van der Waals surface area contributed by atoms with Crippen LogP contribution in [0.25, 0.3) is 0 Å². The summed E-state index contributed by atoms with van der Waals surface area (Å²) in [7, 11) is 2.84. The van der Waals surface area contributed by atoms with Gasteiger partial charge in [-0.1, -0.05) is 41.3 Å². The number of para-hydroxylation sites is 1. The van der Waals surface area contributed by atoms with Gasteiger partial charge in [0.1, 0.15) is 17.6 Å². The second-order valence-electron chi connectivity index (χ2n) is 10.4. The largest absolute Gasteiger partial charge is 0.493 e. The Hall–Kier alpha value is -4.63. The van der Waals surface area contributed by atoms with Crippen LogP contribution in [0.4, 0.5) is 28.9 Å². The minimum Gasteiger partial charge on any atom is -0.493 e. The number of methoxy groups -OCH3 is 2. The number of thioether (sulfide) groups is 1. The Morgan fingerprint density at radius 2 is 1.63 bits per heavy atom. The minimum atomic E-state index is -4.85. The van der Waals surface area contributed by atoms with Crippen molar-refractivity contribution in [1.29, 1.82) is 0 Å². The van der Waals surface area contributed by atoms with Gasteiger partial charge in [0.2, 0.25) is 17.7 Å². The smallest absolute Gasteiger partial charge is 0.418 e. The first-order chi connectivity index (χ1) is 21.9. The maximum absolute atomic E-state index is 14.1. The molecule has 3 atom stereocenters. The number of carbonyl (C=O) groups is 3. The van der Waals surface area contributed by atoms with Gasteiger partial charge in [0.15, 0.2) is 11.5 Å². The molecular formula is C31H23F4N3O6S2. The second-order valence-corrected chi connectivity index (χ2v) is 12.5. The zero-order valence-corrected chi connectivity index (χ0v) is 25.6. The van der Waals surface area contributed by atoms with Gasteiger partial charge in [0.05, 0.1) is 36.4 Å². The first-order valence-corrected chi connectivity index (χ1v) is 15.3. The molecule has 15 heteroatoms. The lowest BCUT2D eigenvalue weighted by atomic mass is 9.83. The van der Waals surface area contributed by atoms with E-state index in [1.807, 2.05) is 0 Å². The first kappa shape index (κ1) is 31.4. The number of hydrogen-bond donors (Lipinski definition) is 1. The summed E-state index contributed by atoms with van der Waals surface area (Å²) in [5, 5.41) is 1.60. The van der Waals surface area contributed by atoms with E-state index in [9.17, 15) is 36.7 Å². The molecule has 0 saturated carbocycles. The highest BCUT2D eigenvalue weighted by atomic mass is 32.2. The number of alkyl halides is 3. The van der Waals surface area contributed by atoms with Crippen molar-refractivity contribution < 1.29 is 41.4 Å². The molecule has 1 aromatic heterocycles. The van der Waals surface area contributed by atoms with Crippen LogP contribution in [0.1, 0.15) is 21.9 Å². The van der Waals surface area contributed by atoms with E-state index in [1.165, 1.54) is 38.5 Å². The molecule has 4 aromatic rings. The fourth-order valence-electron chi connectivity index (χ4n) is 5.68. The summed E-state index contributed by atoms with van der Waals surface area (Å²) in [6.45, 7) is -0.478. The SMILES string of the molecule is COc1ccc([C@H]2c3sc(=O)n(CC(=O)Nc4ccc(F)cc4)c3SC3C(=O)N(c4ccccc4C(F)(F)F)C(=O)C32)cc1OC.